The van der Waals surface area contributed by atoms with Crippen molar-refractivity contribution in [2.24, 2.45) is 0 Å². The average Bonchev–Trinajstić information content (AvgIpc) is 2.45. The van der Waals surface area contributed by atoms with E-state index in [2.05, 4.69) is 251 Å². The largest absolute Gasteiger partial charge is 0.455 e. The third-order valence-corrected chi connectivity index (χ3v) is 19.0. The Morgan fingerprint density at radius 3 is 1.10 bits per heavy atom. The van der Waals surface area contributed by atoms with Gasteiger partial charge < -0.3 is 18.6 Å². The number of benzene rings is 10. The quantitative estimate of drug-likeness (QED) is 0.166. The van der Waals surface area contributed by atoms with Gasteiger partial charge in [-0.3, -0.25) is 0 Å². The Hall–Kier alpha value is -8.60. The SMILES string of the molecule is Cc1cc(N(c2cc(C)c(C)c(C)c2)c2cc3c(c4oc5ccccc5c24)-c2c(cc(N(c4cc(C)c(C)c(C)c4)c4cc(C)c(C)c(C)c4C)c4c2oc2ccccc24)C32c3ccccc3-c3ccccc32)cc(C)c1C. The van der Waals surface area contributed by atoms with Crippen LogP contribution in [0, 0.1) is 90.0 Å². The Bertz CT molecular complexity index is 4440. The van der Waals surface area contributed by atoms with Crippen LogP contribution in [0.5, 0.6) is 0 Å². The molecule has 4 heteroatoms. The Balaban J connectivity index is 1.22. The fourth-order valence-electron chi connectivity index (χ4n) is 13.8. The predicted octanol–water partition coefficient (Wildman–Crippen LogP) is 20.8. The molecule has 1 spiro atoms. The van der Waals surface area contributed by atoms with E-state index in [9.17, 15) is 0 Å². The molecule has 2 aliphatic rings. The van der Waals surface area contributed by atoms with E-state index in [0.717, 1.165) is 89.1 Å². The third kappa shape index (κ3) is 6.40. The van der Waals surface area contributed by atoms with Crippen LogP contribution in [-0.2, 0) is 5.41 Å². The lowest BCUT2D eigenvalue weighted by atomic mass is 9.70. The molecule has 14 rings (SSSR count). The molecule has 0 bridgehead atoms. The van der Waals surface area contributed by atoms with Crippen LogP contribution >= 0.6 is 0 Å². The second-order valence-corrected chi connectivity index (χ2v) is 23.0. The molecule has 78 heavy (non-hydrogen) atoms. The predicted molar refractivity (Wildman–Crippen MR) is 328 cm³/mol. The summed E-state index contributed by atoms with van der Waals surface area (Å²) in [7, 11) is 0. The number of para-hydroxylation sites is 2. The summed E-state index contributed by atoms with van der Waals surface area (Å²) in [6.07, 6.45) is 0. The van der Waals surface area contributed by atoms with Gasteiger partial charge in [0.05, 0.1) is 27.6 Å². The van der Waals surface area contributed by atoms with Gasteiger partial charge in [-0.25, -0.2) is 0 Å². The molecule has 382 valence electrons. The van der Waals surface area contributed by atoms with E-state index in [1.54, 1.807) is 0 Å². The summed E-state index contributed by atoms with van der Waals surface area (Å²) < 4.78 is 15.2. The van der Waals surface area contributed by atoms with Crippen LogP contribution < -0.4 is 9.80 Å². The zero-order valence-electron chi connectivity index (χ0n) is 47.1. The van der Waals surface area contributed by atoms with Crippen molar-refractivity contribution in [2.45, 2.75) is 95.4 Å². The van der Waals surface area contributed by atoms with Gasteiger partial charge in [0.2, 0.25) is 0 Å². The molecule has 0 aliphatic heterocycles. The molecule has 0 saturated heterocycles. The molecule has 0 N–H and O–H groups in total. The molecule has 4 nitrogen and oxygen atoms in total. The number of anilines is 6. The van der Waals surface area contributed by atoms with Gasteiger partial charge >= 0.3 is 0 Å². The zero-order valence-corrected chi connectivity index (χ0v) is 47.1. The first-order valence-electron chi connectivity index (χ1n) is 27.7. The van der Waals surface area contributed by atoms with E-state index < -0.39 is 5.41 Å². The van der Waals surface area contributed by atoms with Crippen LogP contribution in [0.3, 0.4) is 0 Å². The standard InChI is InChI=1S/C74H64N2O2/c1-39-30-52(31-40(2)46(39)8)75(53-32-41(3)47(9)42(4)33-53)64-37-61-70(72-68(64)57-24-16-20-28-66(57)77-72)71-62(74(61)59-26-18-14-22-55(59)56-23-15-19-27-60(56)74)38-65(69-58-25-17-21-29-67(58)78-73(69)71)76(54-34-43(5)48(10)44(6)35-54)63-36-45(7)49(11)50(12)51(63)13/h14-38H,1-13H3. The minimum absolute atomic E-state index is 0.815. The minimum Gasteiger partial charge on any atom is -0.455 e. The Morgan fingerprint density at radius 1 is 0.308 bits per heavy atom. The Labute approximate surface area is 458 Å². The molecular formula is C74H64N2O2. The molecule has 10 aromatic carbocycles. The molecule has 12 aromatic rings. The summed E-state index contributed by atoms with van der Waals surface area (Å²) >= 11 is 0. The molecule has 0 atom stereocenters. The molecule has 2 heterocycles. The number of fused-ring (bicyclic) bond motifs is 18. The van der Waals surface area contributed by atoms with Crippen LogP contribution in [0.25, 0.3) is 66.1 Å². The van der Waals surface area contributed by atoms with Crippen LogP contribution in [0.2, 0.25) is 0 Å². The molecule has 2 aliphatic carbocycles. The zero-order chi connectivity index (χ0) is 54.0. The monoisotopic (exact) mass is 1010 g/mol. The summed E-state index contributed by atoms with van der Waals surface area (Å²) in [6, 6.07) is 57.4. The van der Waals surface area contributed by atoms with E-state index in [1.165, 1.54) is 106 Å². The maximum atomic E-state index is 7.59. The Kier molecular flexibility index (Phi) is 10.4. The normalized spacial score (nSPS) is 13.0. The van der Waals surface area contributed by atoms with Crippen molar-refractivity contribution in [3.05, 3.63) is 246 Å². The van der Waals surface area contributed by atoms with Gasteiger partial charge in [0.15, 0.2) is 0 Å². The maximum Gasteiger partial charge on any atom is 0.145 e. The number of hydrogen-bond acceptors (Lipinski definition) is 4. The van der Waals surface area contributed by atoms with E-state index in [0.29, 0.717) is 0 Å². The van der Waals surface area contributed by atoms with Crippen molar-refractivity contribution in [1.29, 1.82) is 0 Å². The van der Waals surface area contributed by atoms with Gasteiger partial charge in [-0.2, -0.15) is 0 Å². The lowest BCUT2D eigenvalue weighted by Gasteiger charge is -2.34. The van der Waals surface area contributed by atoms with Crippen molar-refractivity contribution in [3.63, 3.8) is 0 Å². The summed E-state index contributed by atoms with van der Waals surface area (Å²) in [6.45, 7) is 29.3. The van der Waals surface area contributed by atoms with Crippen LogP contribution in [-0.4, -0.2) is 0 Å². The van der Waals surface area contributed by atoms with Crippen molar-refractivity contribution in [2.75, 3.05) is 9.80 Å². The van der Waals surface area contributed by atoms with E-state index in [4.69, 9.17) is 8.83 Å². The summed E-state index contributed by atoms with van der Waals surface area (Å²) in [5.41, 5.74) is 35.3. The van der Waals surface area contributed by atoms with E-state index in [1.807, 2.05) is 0 Å². The van der Waals surface area contributed by atoms with Crippen LogP contribution in [0.1, 0.15) is 94.6 Å². The average molecular weight is 1010 g/mol. The first-order valence-corrected chi connectivity index (χ1v) is 27.7. The highest BCUT2D eigenvalue weighted by molar-refractivity contribution is 6.25. The van der Waals surface area contributed by atoms with Crippen molar-refractivity contribution in [1.82, 2.24) is 0 Å². The first kappa shape index (κ1) is 47.8. The number of furan rings is 2. The van der Waals surface area contributed by atoms with Gasteiger partial charge in [-0.15, -0.1) is 0 Å². The lowest BCUT2D eigenvalue weighted by molar-refractivity contribution is 0.665. The number of hydrogen-bond donors (Lipinski definition) is 0. The highest BCUT2D eigenvalue weighted by atomic mass is 16.3. The number of nitrogens with zero attached hydrogens (tertiary/aromatic N) is 2. The fourth-order valence-corrected chi connectivity index (χ4v) is 13.8. The summed E-state index contributed by atoms with van der Waals surface area (Å²) in [4.78, 5) is 5.10. The highest BCUT2D eigenvalue weighted by Gasteiger charge is 2.55. The second kappa shape index (κ2) is 16.9. The molecule has 0 fully saturated rings. The first-order chi connectivity index (χ1) is 37.6. The summed E-state index contributed by atoms with van der Waals surface area (Å²) in [5.74, 6) is 0. The molecule has 2 aromatic heterocycles. The van der Waals surface area contributed by atoms with Crippen molar-refractivity contribution >= 4 is 78.0 Å². The van der Waals surface area contributed by atoms with Gasteiger partial charge in [-0.1, -0.05) is 84.9 Å². The van der Waals surface area contributed by atoms with Gasteiger partial charge in [0, 0.05) is 44.6 Å². The summed E-state index contributed by atoms with van der Waals surface area (Å²) in [5, 5.41) is 4.29. The lowest BCUT2D eigenvalue weighted by Crippen LogP contribution is -2.27. The topological polar surface area (TPSA) is 32.8 Å². The van der Waals surface area contributed by atoms with Gasteiger partial charge in [-0.05, 0) is 262 Å². The van der Waals surface area contributed by atoms with Gasteiger partial charge in [0.25, 0.3) is 0 Å². The molecular weight excluding hydrogens is 949 g/mol. The van der Waals surface area contributed by atoms with Crippen molar-refractivity contribution in [3.8, 4) is 22.3 Å². The number of aryl methyl sites for hydroxylation is 7. The molecule has 0 radical (unpaired) electrons. The maximum absolute atomic E-state index is 7.59. The van der Waals surface area contributed by atoms with Crippen molar-refractivity contribution < 1.29 is 8.83 Å². The molecule has 0 saturated carbocycles. The van der Waals surface area contributed by atoms with E-state index in [-0.39, 0.29) is 0 Å². The van der Waals surface area contributed by atoms with Crippen LogP contribution in [0.15, 0.2) is 160 Å². The molecule has 0 amide bonds. The highest BCUT2D eigenvalue weighted by Crippen LogP contribution is 2.68. The van der Waals surface area contributed by atoms with E-state index >= 15 is 0 Å². The minimum atomic E-state index is -0.815. The fraction of sp³-hybridized carbons (Fsp3) is 0.189. The molecule has 0 unspecified atom stereocenters. The Morgan fingerprint density at radius 2 is 0.667 bits per heavy atom. The number of rotatable bonds is 6. The second-order valence-electron chi connectivity index (χ2n) is 23.0. The van der Waals surface area contributed by atoms with Crippen LogP contribution in [0.4, 0.5) is 34.1 Å². The third-order valence-electron chi connectivity index (χ3n) is 19.0. The smallest absolute Gasteiger partial charge is 0.145 e. The van der Waals surface area contributed by atoms with Gasteiger partial charge in [0.1, 0.15) is 22.3 Å².